The van der Waals surface area contributed by atoms with E-state index < -0.39 is 0 Å². The van der Waals surface area contributed by atoms with Gasteiger partial charge in [0.2, 0.25) is 0 Å². The molecule has 27 heavy (non-hydrogen) atoms. The highest BCUT2D eigenvalue weighted by Crippen LogP contribution is 2.48. The Morgan fingerprint density at radius 2 is 1.41 bits per heavy atom. The van der Waals surface area contributed by atoms with Crippen LogP contribution in [0.5, 0.6) is 0 Å². The van der Waals surface area contributed by atoms with Crippen LogP contribution in [0.3, 0.4) is 0 Å². The fourth-order valence-corrected chi connectivity index (χ4v) is 4.05. The van der Waals surface area contributed by atoms with Crippen molar-refractivity contribution in [2.24, 2.45) is 0 Å². The van der Waals surface area contributed by atoms with Crippen molar-refractivity contribution < 1.29 is 9.57 Å². The Labute approximate surface area is 160 Å². The number of hydrogen-bond donors (Lipinski definition) is 1. The van der Waals surface area contributed by atoms with Crippen molar-refractivity contribution in [2.75, 3.05) is 13.4 Å². The smallest absolute Gasteiger partial charge is 0.166 e. The summed E-state index contributed by atoms with van der Waals surface area (Å²) in [6, 6.07) is 23.5. The second-order valence-electron chi connectivity index (χ2n) is 6.67. The van der Waals surface area contributed by atoms with Crippen LogP contribution < -0.4 is 5.48 Å². The van der Waals surface area contributed by atoms with Crippen molar-refractivity contribution in [3.63, 3.8) is 0 Å². The molecule has 4 nitrogen and oxygen atoms in total. The number of ether oxygens (including phenoxy) is 1. The predicted octanol–water partition coefficient (Wildman–Crippen LogP) is 4.24. The normalized spacial score (nSPS) is 21.1. The summed E-state index contributed by atoms with van der Waals surface area (Å²) in [7, 11) is 0. The quantitative estimate of drug-likeness (QED) is 0.389. The molecule has 0 amide bonds. The van der Waals surface area contributed by atoms with E-state index in [1.807, 2.05) is 19.3 Å². The minimum atomic E-state index is 0.0626. The summed E-state index contributed by atoms with van der Waals surface area (Å²) < 4.78 is 5.36. The van der Waals surface area contributed by atoms with E-state index in [2.05, 4.69) is 77.2 Å². The van der Waals surface area contributed by atoms with Gasteiger partial charge in [-0.2, -0.15) is 5.48 Å². The Hall–Kier alpha value is -2.53. The van der Waals surface area contributed by atoms with E-state index in [1.165, 1.54) is 22.3 Å². The fraction of sp³-hybridized carbons (Fsp3) is 0.261. The molecule has 0 bridgehead atoms. The molecule has 4 heteroatoms. The van der Waals surface area contributed by atoms with Crippen molar-refractivity contribution in [1.82, 2.24) is 10.5 Å². The van der Waals surface area contributed by atoms with Crippen LogP contribution in [0.25, 0.3) is 0 Å². The van der Waals surface area contributed by atoms with Gasteiger partial charge in [-0.3, -0.25) is 9.82 Å². The van der Waals surface area contributed by atoms with E-state index in [0.717, 1.165) is 0 Å². The second kappa shape index (κ2) is 8.44. The van der Waals surface area contributed by atoms with Gasteiger partial charge in [-0.1, -0.05) is 54.6 Å². The highest BCUT2D eigenvalue weighted by atomic mass is 16.8. The van der Waals surface area contributed by atoms with Crippen molar-refractivity contribution in [2.45, 2.75) is 24.8 Å². The molecule has 1 N–H and O–H groups in total. The lowest BCUT2D eigenvalue weighted by molar-refractivity contribution is -0.109. The number of hydroxylamine groups is 1. The molecule has 138 valence electrons. The lowest BCUT2D eigenvalue weighted by Gasteiger charge is -2.27. The van der Waals surface area contributed by atoms with E-state index in [0.29, 0.717) is 6.61 Å². The number of pyridine rings is 1. The number of rotatable bonds is 7. The van der Waals surface area contributed by atoms with Gasteiger partial charge >= 0.3 is 0 Å². The average Bonchev–Trinajstić information content (AvgIpc) is 3.06. The molecule has 0 aliphatic heterocycles. The second-order valence-corrected chi connectivity index (χ2v) is 6.67. The minimum Gasteiger partial charge on any atom is -0.354 e. The van der Waals surface area contributed by atoms with E-state index in [9.17, 15) is 0 Å². The van der Waals surface area contributed by atoms with Crippen molar-refractivity contribution in [1.29, 1.82) is 0 Å². The molecule has 0 radical (unpaired) electrons. The first-order valence-electron chi connectivity index (χ1n) is 9.39. The largest absolute Gasteiger partial charge is 0.354 e. The van der Waals surface area contributed by atoms with Crippen LogP contribution in [-0.4, -0.2) is 24.4 Å². The topological polar surface area (TPSA) is 43.4 Å². The molecule has 0 saturated carbocycles. The summed E-state index contributed by atoms with van der Waals surface area (Å²) >= 11 is 0. The maximum atomic E-state index is 5.70. The maximum Gasteiger partial charge on any atom is 0.166 e. The van der Waals surface area contributed by atoms with Crippen LogP contribution in [0.1, 0.15) is 41.0 Å². The third kappa shape index (κ3) is 3.65. The Morgan fingerprint density at radius 3 is 2.04 bits per heavy atom. The molecule has 4 rings (SSSR count). The van der Waals surface area contributed by atoms with Crippen molar-refractivity contribution in [3.05, 3.63) is 101 Å². The molecule has 1 aliphatic rings. The number of hydrogen-bond acceptors (Lipinski definition) is 4. The molecule has 1 aliphatic carbocycles. The van der Waals surface area contributed by atoms with Gasteiger partial charge in [-0.25, -0.2) is 0 Å². The predicted molar refractivity (Wildman–Crippen MR) is 105 cm³/mol. The number of aromatic nitrogens is 1. The molecule has 0 fully saturated rings. The Balaban J connectivity index is 1.76. The molecule has 2 aromatic carbocycles. The van der Waals surface area contributed by atoms with Gasteiger partial charge in [-0.05, 0) is 41.3 Å². The van der Waals surface area contributed by atoms with Gasteiger partial charge in [0.05, 0.1) is 6.04 Å². The van der Waals surface area contributed by atoms with E-state index in [4.69, 9.17) is 9.57 Å². The van der Waals surface area contributed by atoms with Crippen LogP contribution in [-0.2, 0) is 9.57 Å². The average molecular weight is 360 g/mol. The van der Waals surface area contributed by atoms with Crippen molar-refractivity contribution in [3.8, 4) is 0 Å². The summed E-state index contributed by atoms with van der Waals surface area (Å²) in [4.78, 5) is 9.89. The first-order valence-corrected chi connectivity index (χ1v) is 9.39. The van der Waals surface area contributed by atoms with Crippen LogP contribution in [0.15, 0.2) is 79.1 Å². The van der Waals surface area contributed by atoms with Gasteiger partial charge in [0.1, 0.15) is 0 Å². The standard InChI is InChI=1S/C23H24N2O2/c1-2-26-16-27-25-23-21(17-8-4-3-5-9-17)19-10-6-7-11-20(19)22(23)18-12-14-24-15-13-18/h3-15,21-23,25H,2,16H2,1H3. The van der Waals surface area contributed by atoms with E-state index in [1.54, 1.807) is 0 Å². The molecule has 1 aromatic heterocycles. The number of benzene rings is 2. The van der Waals surface area contributed by atoms with Gasteiger partial charge in [0, 0.05) is 30.8 Å². The molecular weight excluding hydrogens is 336 g/mol. The van der Waals surface area contributed by atoms with Gasteiger partial charge < -0.3 is 4.74 Å². The highest BCUT2D eigenvalue weighted by molar-refractivity contribution is 5.52. The summed E-state index contributed by atoms with van der Waals surface area (Å²) in [5.74, 6) is 0.373. The van der Waals surface area contributed by atoms with E-state index in [-0.39, 0.29) is 24.7 Å². The Bertz CT molecular complexity index is 788. The van der Waals surface area contributed by atoms with Crippen LogP contribution in [0.2, 0.25) is 0 Å². The third-order valence-corrected chi connectivity index (χ3v) is 5.17. The molecule has 0 spiro atoms. The SMILES string of the molecule is CCOCONC1C(c2ccccc2)c2ccccc2C1c1ccncc1. The lowest BCUT2D eigenvalue weighted by Crippen LogP contribution is -2.37. The molecule has 1 heterocycles. The monoisotopic (exact) mass is 360 g/mol. The summed E-state index contributed by atoms with van der Waals surface area (Å²) in [5, 5.41) is 0. The number of fused-ring (bicyclic) bond motifs is 1. The molecule has 0 saturated heterocycles. The van der Waals surface area contributed by atoms with Crippen LogP contribution in [0, 0.1) is 0 Å². The zero-order valence-electron chi connectivity index (χ0n) is 15.4. The minimum absolute atomic E-state index is 0.0626. The van der Waals surface area contributed by atoms with Crippen LogP contribution in [0.4, 0.5) is 0 Å². The zero-order valence-corrected chi connectivity index (χ0v) is 15.4. The van der Waals surface area contributed by atoms with Gasteiger partial charge in [-0.15, -0.1) is 0 Å². The highest BCUT2D eigenvalue weighted by Gasteiger charge is 2.42. The lowest BCUT2D eigenvalue weighted by atomic mass is 9.86. The Morgan fingerprint density at radius 1 is 0.815 bits per heavy atom. The summed E-state index contributed by atoms with van der Waals surface area (Å²) in [5.41, 5.74) is 8.49. The summed E-state index contributed by atoms with van der Waals surface area (Å²) in [6.07, 6.45) is 3.71. The third-order valence-electron chi connectivity index (χ3n) is 5.17. The molecule has 3 aromatic rings. The van der Waals surface area contributed by atoms with Crippen LogP contribution >= 0.6 is 0 Å². The number of nitrogens with one attached hydrogen (secondary N) is 1. The fourth-order valence-electron chi connectivity index (χ4n) is 4.05. The molecule has 3 unspecified atom stereocenters. The van der Waals surface area contributed by atoms with E-state index >= 15 is 0 Å². The van der Waals surface area contributed by atoms with Crippen molar-refractivity contribution >= 4 is 0 Å². The first kappa shape index (κ1) is 17.9. The zero-order chi connectivity index (χ0) is 18.5. The van der Waals surface area contributed by atoms with Gasteiger partial charge in [0.15, 0.2) is 6.79 Å². The molecule has 3 atom stereocenters. The Kier molecular flexibility index (Phi) is 5.58. The summed E-state index contributed by atoms with van der Waals surface area (Å²) in [6.45, 7) is 2.82. The maximum absolute atomic E-state index is 5.70. The van der Waals surface area contributed by atoms with Gasteiger partial charge in [0.25, 0.3) is 0 Å². The molecular formula is C23H24N2O2. The number of nitrogens with zero attached hydrogens (tertiary/aromatic N) is 1. The first-order chi connectivity index (χ1) is 13.4.